The van der Waals surface area contributed by atoms with Crippen LogP contribution in [0.2, 0.25) is 0 Å². The number of Topliss-reactive ketones (excluding diaryl/α,β-unsaturated/α-hetero) is 1. The van der Waals surface area contributed by atoms with Crippen LogP contribution in [0.1, 0.15) is 28.1 Å². The summed E-state index contributed by atoms with van der Waals surface area (Å²) in [4.78, 5) is 11.8. The summed E-state index contributed by atoms with van der Waals surface area (Å²) in [6.45, 7) is 2.05. The van der Waals surface area contributed by atoms with Gasteiger partial charge in [0.25, 0.3) is 0 Å². The van der Waals surface area contributed by atoms with Crippen LogP contribution in [0.3, 0.4) is 0 Å². The summed E-state index contributed by atoms with van der Waals surface area (Å²) >= 11 is 3.29. The summed E-state index contributed by atoms with van der Waals surface area (Å²) in [5, 5.41) is 0. The number of halogens is 1. The second-order valence-electron chi connectivity index (χ2n) is 4.01. The molecule has 2 nitrogen and oxygen atoms in total. The highest BCUT2D eigenvalue weighted by atomic mass is 79.9. The molecule has 0 aliphatic heterocycles. The number of furan rings is 1. The first-order valence-corrected chi connectivity index (χ1v) is 6.28. The Morgan fingerprint density at radius 3 is 2.53 bits per heavy atom. The van der Waals surface area contributed by atoms with Gasteiger partial charge < -0.3 is 4.42 Å². The summed E-state index contributed by atoms with van der Waals surface area (Å²) in [5.74, 6) is 0.444. The van der Waals surface area contributed by atoms with E-state index in [1.165, 1.54) is 17.4 Å². The van der Waals surface area contributed by atoms with Crippen LogP contribution >= 0.6 is 15.9 Å². The third-order valence-corrected chi connectivity index (χ3v) is 3.26. The van der Waals surface area contributed by atoms with Gasteiger partial charge in [0.05, 0.1) is 10.7 Å². The topological polar surface area (TPSA) is 30.2 Å². The Kier molecular flexibility index (Phi) is 3.79. The van der Waals surface area contributed by atoms with E-state index in [1.54, 1.807) is 6.07 Å². The zero-order chi connectivity index (χ0) is 12.3. The predicted octanol–water partition coefficient (Wildman–Crippen LogP) is 4.17. The van der Waals surface area contributed by atoms with E-state index in [4.69, 9.17) is 4.42 Å². The number of carbonyl (C=O) groups is 1. The van der Waals surface area contributed by atoms with Crippen molar-refractivity contribution in [1.82, 2.24) is 0 Å². The van der Waals surface area contributed by atoms with Gasteiger partial charge in [0.2, 0.25) is 0 Å². The molecule has 1 aromatic carbocycles. The SMILES string of the molecule is Cc1ccc(CCC(=O)c2occc2Br)cc1. The molecule has 0 aliphatic rings. The first kappa shape index (κ1) is 12.1. The van der Waals surface area contributed by atoms with Crippen LogP contribution in [0.15, 0.2) is 45.5 Å². The lowest BCUT2D eigenvalue weighted by atomic mass is 10.1. The molecule has 0 fully saturated rings. The molecule has 2 aromatic rings. The number of benzene rings is 1. The molecule has 0 atom stereocenters. The average molecular weight is 293 g/mol. The minimum Gasteiger partial charge on any atom is -0.460 e. The molecule has 0 aliphatic carbocycles. The lowest BCUT2D eigenvalue weighted by Crippen LogP contribution is -2.00. The maximum atomic E-state index is 11.8. The zero-order valence-corrected chi connectivity index (χ0v) is 11.2. The van der Waals surface area contributed by atoms with Crippen molar-refractivity contribution in [3.8, 4) is 0 Å². The van der Waals surface area contributed by atoms with E-state index in [-0.39, 0.29) is 5.78 Å². The third kappa shape index (κ3) is 3.07. The maximum Gasteiger partial charge on any atom is 0.199 e. The van der Waals surface area contributed by atoms with Crippen molar-refractivity contribution in [1.29, 1.82) is 0 Å². The second kappa shape index (κ2) is 5.32. The fraction of sp³-hybridized carbons (Fsp3) is 0.214. The summed E-state index contributed by atoms with van der Waals surface area (Å²) in [5.41, 5.74) is 2.40. The first-order chi connectivity index (χ1) is 8.16. The van der Waals surface area contributed by atoms with Crippen molar-refractivity contribution in [3.05, 3.63) is 58.0 Å². The number of aryl methyl sites for hydroxylation is 2. The van der Waals surface area contributed by atoms with Crippen LogP contribution in [-0.4, -0.2) is 5.78 Å². The molecule has 0 saturated heterocycles. The fourth-order valence-electron chi connectivity index (χ4n) is 1.62. The number of hydrogen-bond acceptors (Lipinski definition) is 2. The predicted molar refractivity (Wildman–Crippen MR) is 70.2 cm³/mol. The minimum atomic E-state index is 0.0300. The summed E-state index contributed by atoms with van der Waals surface area (Å²) in [7, 11) is 0. The average Bonchev–Trinajstić information content (AvgIpc) is 2.74. The van der Waals surface area contributed by atoms with Gasteiger partial charge in [-0.3, -0.25) is 4.79 Å². The smallest absolute Gasteiger partial charge is 0.199 e. The highest BCUT2D eigenvalue weighted by Crippen LogP contribution is 2.20. The standard InChI is InChI=1S/C14H13BrO2/c1-10-2-4-11(5-3-10)6-7-13(16)14-12(15)8-9-17-14/h2-5,8-9H,6-7H2,1H3. The van der Waals surface area contributed by atoms with Gasteiger partial charge in [0.1, 0.15) is 0 Å². The summed E-state index contributed by atoms with van der Waals surface area (Å²) < 4.78 is 5.87. The Morgan fingerprint density at radius 2 is 1.94 bits per heavy atom. The van der Waals surface area contributed by atoms with E-state index in [2.05, 4.69) is 47.1 Å². The zero-order valence-electron chi connectivity index (χ0n) is 9.57. The van der Waals surface area contributed by atoms with Gasteiger partial charge in [-0.1, -0.05) is 29.8 Å². The van der Waals surface area contributed by atoms with Crippen LogP contribution in [0.25, 0.3) is 0 Å². The molecule has 0 radical (unpaired) electrons. The Labute approximate surface area is 109 Å². The van der Waals surface area contributed by atoms with Crippen molar-refractivity contribution in [2.75, 3.05) is 0 Å². The summed E-state index contributed by atoms with van der Waals surface area (Å²) in [6, 6.07) is 9.96. The first-order valence-electron chi connectivity index (χ1n) is 5.48. The van der Waals surface area contributed by atoms with Crippen LogP contribution < -0.4 is 0 Å². The quantitative estimate of drug-likeness (QED) is 0.792. The molecular weight excluding hydrogens is 280 g/mol. The molecule has 0 saturated carbocycles. The van der Waals surface area contributed by atoms with Crippen molar-refractivity contribution < 1.29 is 9.21 Å². The van der Waals surface area contributed by atoms with Crippen molar-refractivity contribution >= 4 is 21.7 Å². The lowest BCUT2D eigenvalue weighted by Gasteiger charge is -2.01. The Morgan fingerprint density at radius 1 is 1.24 bits per heavy atom. The van der Waals surface area contributed by atoms with Gasteiger partial charge in [0, 0.05) is 6.42 Å². The largest absolute Gasteiger partial charge is 0.460 e. The molecule has 0 unspecified atom stereocenters. The van der Waals surface area contributed by atoms with Gasteiger partial charge in [-0.2, -0.15) is 0 Å². The molecule has 0 spiro atoms. The van der Waals surface area contributed by atoms with Crippen LogP contribution in [0.5, 0.6) is 0 Å². The lowest BCUT2D eigenvalue weighted by molar-refractivity contribution is 0.0955. The van der Waals surface area contributed by atoms with Crippen LogP contribution in [0, 0.1) is 6.92 Å². The second-order valence-corrected chi connectivity index (χ2v) is 4.86. The maximum absolute atomic E-state index is 11.8. The molecule has 0 bridgehead atoms. The monoisotopic (exact) mass is 292 g/mol. The summed E-state index contributed by atoms with van der Waals surface area (Å²) in [6.07, 6.45) is 2.73. The number of hydrogen-bond donors (Lipinski definition) is 0. The molecule has 3 heteroatoms. The number of rotatable bonds is 4. The van der Waals surface area contributed by atoms with Crippen molar-refractivity contribution in [2.24, 2.45) is 0 Å². The van der Waals surface area contributed by atoms with Gasteiger partial charge in [-0.05, 0) is 40.9 Å². The van der Waals surface area contributed by atoms with Gasteiger partial charge in [-0.25, -0.2) is 0 Å². The van der Waals surface area contributed by atoms with E-state index in [1.807, 2.05) is 0 Å². The fourth-order valence-corrected chi connectivity index (χ4v) is 2.04. The molecule has 1 heterocycles. The molecule has 2 rings (SSSR count). The van der Waals surface area contributed by atoms with Gasteiger partial charge in [-0.15, -0.1) is 0 Å². The van der Waals surface area contributed by atoms with E-state index in [9.17, 15) is 4.79 Å². The molecule has 0 N–H and O–H groups in total. The van der Waals surface area contributed by atoms with Crippen LogP contribution in [0.4, 0.5) is 0 Å². The highest BCUT2D eigenvalue weighted by Gasteiger charge is 2.13. The van der Waals surface area contributed by atoms with Crippen LogP contribution in [-0.2, 0) is 6.42 Å². The Balaban J connectivity index is 1.97. The number of ketones is 1. The van der Waals surface area contributed by atoms with E-state index >= 15 is 0 Å². The van der Waals surface area contributed by atoms with Gasteiger partial charge in [0.15, 0.2) is 11.5 Å². The Hall–Kier alpha value is -1.35. The minimum absolute atomic E-state index is 0.0300. The molecule has 17 heavy (non-hydrogen) atoms. The van der Waals surface area contributed by atoms with Crippen molar-refractivity contribution in [3.63, 3.8) is 0 Å². The molecular formula is C14H13BrO2. The molecule has 88 valence electrons. The third-order valence-electron chi connectivity index (χ3n) is 2.63. The normalized spacial score (nSPS) is 10.5. The number of carbonyl (C=O) groups excluding carboxylic acids is 1. The van der Waals surface area contributed by atoms with Gasteiger partial charge >= 0.3 is 0 Å². The van der Waals surface area contributed by atoms with E-state index < -0.39 is 0 Å². The molecule has 0 amide bonds. The Bertz CT molecular complexity index is 511. The van der Waals surface area contributed by atoms with E-state index in [0.29, 0.717) is 12.2 Å². The van der Waals surface area contributed by atoms with Crippen molar-refractivity contribution in [2.45, 2.75) is 19.8 Å². The highest BCUT2D eigenvalue weighted by molar-refractivity contribution is 9.10. The van der Waals surface area contributed by atoms with E-state index in [0.717, 1.165) is 10.9 Å². The molecule has 1 aromatic heterocycles.